The highest BCUT2D eigenvalue weighted by Crippen LogP contribution is 2.44. The Morgan fingerprint density at radius 3 is 2.07 bits per heavy atom. The number of carbonyl (C=O) groups is 2. The van der Waals surface area contributed by atoms with Crippen LogP contribution in [0, 0.1) is 13.8 Å². The first kappa shape index (κ1) is 28.7. The van der Waals surface area contributed by atoms with E-state index in [-0.39, 0.29) is 31.5 Å². The van der Waals surface area contributed by atoms with Crippen LogP contribution in [0.1, 0.15) is 60.6 Å². The highest BCUT2D eigenvalue weighted by atomic mass is 16.6. The Morgan fingerprint density at radius 2 is 1.46 bits per heavy atom. The van der Waals surface area contributed by atoms with Crippen LogP contribution >= 0.6 is 0 Å². The lowest BCUT2D eigenvalue weighted by molar-refractivity contribution is -0.164. The Kier molecular flexibility index (Phi) is 8.64. The standard InChI is InChI=1S/C34H38O7/c1-5-37-32(35)34(33(36)38-6-2)18-17-24-19-25(11-16-28(24)34)29-20-30(40-27-14-9-23(4)10-15-27)31(41-29)21-39-26-12-7-22(3)8-13-26/h7-16,19,29-31H,5-6,17-18,20-21H2,1-4H3/t29-,30+,31-/m1/s1. The van der Waals surface area contributed by atoms with Crippen LogP contribution in [0.25, 0.3) is 0 Å². The molecule has 5 rings (SSSR count). The average Bonchev–Trinajstić information content (AvgIpc) is 3.56. The zero-order valence-corrected chi connectivity index (χ0v) is 24.2. The summed E-state index contributed by atoms with van der Waals surface area (Å²) in [6.07, 6.45) is 0.768. The van der Waals surface area contributed by atoms with E-state index in [4.69, 9.17) is 23.7 Å². The lowest BCUT2D eigenvalue weighted by Gasteiger charge is -2.26. The Labute approximate surface area is 241 Å². The molecule has 1 aliphatic heterocycles. The van der Waals surface area contributed by atoms with Crippen molar-refractivity contribution in [2.24, 2.45) is 0 Å². The number of hydrogen-bond acceptors (Lipinski definition) is 7. The van der Waals surface area contributed by atoms with Crippen molar-refractivity contribution >= 4 is 11.9 Å². The molecule has 216 valence electrons. The van der Waals surface area contributed by atoms with Crippen LogP contribution in [0.5, 0.6) is 11.5 Å². The first-order chi connectivity index (χ1) is 19.8. The van der Waals surface area contributed by atoms with E-state index in [1.54, 1.807) is 13.8 Å². The predicted octanol–water partition coefficient (Wildman–Crippen LogP) is 5.97. The Hall–Kier alpha value is -3.84. The predicted molar refractivity (Wildman–Crippen MR) is 154 cm³/mol. The van der Waals surface area contributed by atoms with E-state index < -0.39 is 17.4 Å². The SMILES string of the molecule is CCOC(=O)C1(C(=O)OCC)CCc2cc([C@H]3C[C@H](Oc4ccc(C)cc4)[C@@H](COc4ccc(C)cc4)O3)ccc21. The van der Waals surface area contributed by atoms with E-state index in [0.717, 1.165) is 28.2 Å². The van der Waals surface area contributed by atoms with Gasteiger partial charge in [0, 0.05) is 6.42 Å². The van der Waals surface area contributed by atoms with E-state index in [2.05, 4.69) is 0 Å². The van der Waals surface area contributed by atoms with E-state index in [0.29, 0.717) is 31.4 Å². The highest BCUT2D eigenvalue weighted by Gasteiger charge is 2.54. The molecule has 3 aromatic rings. The molecule has 2 aliphatic rings. The lowest BCUT2D eigenvalue weighted by atomic mass is 9.81. The number of hydrogen-bond donors (Lipinski definition) is 0. The van der Waals surface area contributed by atoms with Crippen LogP contribution in [0.4, 0.5) is 0 Å². The van der Waals surface area contributed by atoms with Crippen LogP contribution in [0.15, 0.2) is 66.7 Å². The summed E-state index contributed by atoms with van der Waals surface area (Å²) in [7, 11) is 0. The van der Waals surface area contributed by atoms with Gasteiger partial charge in [-0.3, -0.25) is 9.59 Å². The third-order valence-corrected chi connectivity index (χ3v) is 7.92. The Balaban J connectivity index is 1.38. The molecule has 1 saturated heterocycles. The van der Waals surface area contributed by atoms with Gasteiger partial charge in [0.2, 0.25) is 0 Å². The monoisotopic (exact) mass is 558 g/mol. The van der Waals surface area contributed by atoms with Crippen LogP contribution in [-0.2, 0) is 35.6 Å². The number of benzene rings is 3. The molecule has 1 fully saturated rings. The molecule has 1 heterocycles. The van der Waals surface area contributed by atoms with Gasteiger partial charge in [0.25, 0.3) is 0 Å². The summed E-state index contributed by atoms with van der Waals surface area (Å²) in [4.78, 5) is 26.2. The summed E-state index contributed by atoms with van der Waals surface area (Å²) in [6.45, 7) is 8.29. The molecule has 1 aliphatic carbocycles. The summed E-state index contributed by atoms with van der Waals surface area (Å²) in [5.74, 6) is 0.459. The molecule has 0 N–H and O–H groups in total. The minimum atomic E-state index is -1.43. The second kappa shape index (κ2) is 12.4. The van der Waals surface area contributed by atoms with Crippen LogP contribution in [0.2, 0.25) is 0 Å². The van der Waals surface area contributed by atoms with Crippen molar-refractivity contribution in [2.75, 3.05) is 19.8 Å². The number of ether oxygens (including phenoxy) is 5. The molecule has 0 saturated carbocycles. The van der Waals surface area contributed by atoms with Gasteiger partial charge in [-0.2, -0.15) is 0 Å². The molecule has 0 amide bonds. The van der Waals surface area contributed by atoms with Gasteiger partial charge < -0.3 is 23.7 Å². The molecule has 7 nitrogen and oxygen atoms in total. The second-order valence-corrected chi connectivity index (χ2v) is 10.8. The zero-order valence-electron chi connectivity index (χ0n) is 24.2. The van der Waals surface area contributed by atoms with E-state index in [1.165, 1.54) is 5.56 Å². The topological polar surface area (TPSA) is 80.3 Å². The summed E-state index contributed by atoms with van der Waals surface area (Å²) in [5.41, 5.74) is 3.46. The highest BCUT2D eigenvalue weighted by molar-refractivity contribution is 6.07. The molecule has 0 radical (unpaired) electrons. The fourth-order valence-corrected chi connectivity index (χ4v) is 5.72. The summed E-state index contributed by atoms with van der Waals surface area (Å²) < 4.78 is 29.8. The van der Waals surface area contributed by atoms with Gasteiger partial charge in [-0.1, -0.05) is 53.6 Å². The number of rotatable bonds is 10. The van der Waals surface area contributed by atoms with E-state index in [1.807, 2.05) is 80.6 Å². The van der Waals surface area contributed by atoms with Crippen LogP contribution in [-0.4, -0.2) is 44.0 Å². The Bertz CT molecular complexity index is 1340. The van der Waals surface area contributed by atoms with Crippen molar-refractivity contribution in [3.8, 4) is 11.5 Å². The lowest BCUT2D eigenvalue weighted by Crippen LogP contribution is -2.44. The maximum absolute atomic E-state index is 13.1. The zero-order chi connectivity index (χ0) is 29.0. The number of fused-ring (bicyclic) bond motifs is 1. The maximum atomic E-state index is 13.1. The van der Waals surface area contributed by atoms with Gasteiger partial charge in [0.05, 0.1) is 19.3 Å². The molecule has 3 atom stereocenters. The minimum Gasteiger partial charge on any atom is -0.491 e. The molecule has 7 heteroatoms. The minimum absolute atomic E-state index is 0.192. The van der Waals surface area contributed by atoms with Gasteiger partial charge in [0.15, 0.2) is 5.41 Å². The van der Waals surface area contributed by atoms with E-state index >= 15 is 0 Å². The number of carbonyl (C=O) groups excluding carboxylic acids is 2. The van der Waals surface area contributed by atoms with Crippen molar-refractivity contribution in [1.29, 1.82) is 0 Å². The molecule has 0 aromatic heterocycles. The number of aryl methyl sites for hydroxylation is 3. The number of esters is 2. The molecule has 41 heavy (non-hydrogen) atoms. The normalized spacial score (nSPS) is 20.7. The molecular weight excluding hydrogens is 520 g/mol. The van der Waals surface area contributed by atoms with Gasteiger partial charge in [-0.05, 0) is 81.5 Å². The van der Waals surface area contributed by atoms with Crippen molar-refractivity contribution < 1.29 is 33.3 Å². The first-order valence-corrected chi connectivity index (χ1v) is 14.4. The quantitative estimate of drug-likeness (QED) is 0.224. The average molecular weight is 559 g/mol. The Morgan fingerprint density at radius 1 is 0.854 bits per heavy atom. The summed E-state index contributed by atoms with van der Waals surface area (Å²) in [6, 6.07) is 21.8. The van der Waals surface area contributed by atoms with Gasteiger partial charge in [-0.15, -0.1) is 0 Å². The van der Waals surface area contributed by atoms with Crippen molar-refractivity contribution in [1.82, 2.24) is 0 Å². The molecule has 0 bridgehead atoms. The smallest absolute Gasteiger partial charge is 0.328 e. The van der Waals surface area contributed by atoms with Crippen LogP contribution < -0.4 is 9.47 Å². The van der Waals surface area contributed by atoms with Crippen molar-refractivity contribution in [3.05, 3.63) is 94.5 Å². The van der Waals surface area contributed by atoms with Crippen LogP contribution in [0.3, 0.4) is 0 Å². The largest absolute Gasteiger partial charge is 0.491 e. The third-order valence-electron chi connectivity index (χ3n) is 7.92. The maximum Gasteiger partial charge on any atom is 0.328 e. The van der Waals surface area contributed by atoms with Gasteiger partial charge >= 0.3 is 11.9 Å². The van der Waals surface area contributed by atoms with Crippen molar-refractivity contribution in [2.45, 2.75) is 70.7 Å². The summed E-state index contributed by atoms with van der Waals surface area (Å²) >= 11 is 0. The summed E-state index contributed by atoms with van der Waals surface area (Å²) in [5, 5.41) is 0. The molecular formula is C34H38O7. The van der Waals surface area contributed by atoms with Gasteiger partial charge in [0.1, 0.15) is 30.3 Å². The van der Waals surface area contributed by atoms with E-state index in [9.17, 15) is 9.59 Å². The molecule has 0 spiro atoms. The van der Waals surface area contributed by atoms with Crippen molar-refractivity contribution in [3.63, 3.8) is 0 Å². The third kappa shape index (κ3) is 5.96. The molecule has 3 aromatic carbocycles. The first-order valence-electron chi connectivity index (χ1n) is 14.4. The fraction of sp³-hybridized carbons (Fsp3) is 0.412. The fourth-order valence-electron chi connectivity index (χ4n) is 5.72. The molecule has 0 unspecified atom stereocenters. The second-order valence-electron chi connectivity index (χ2n) is 10.8. The van der Waals surface area contributed by atoms with Gasteiger partial charge in [-0.25, -0.2) is 0 Å².